The largest absolute Gasteiger partial charge is 0.457 e. The number of hydrogen-bond donors (Lipinski definition) is 0. The van der Waals surface area contributed by atoms with E-state index in [9.17, 15) is 0 Å². The summed E-state index contributed by atoms with van der Waals surface area (Å²) in [5.74, 6) is 4.32. The maximum absolute atomic E-state index is 6.26. The highest BCUT2D eigenvalue weighted by atomic mass is 16.5. The van der Waals surface area contributed by atoms with E-state index >= 15 is 0 Å². The molecule has 0 saturated heterocycles. The topological polar surface area (TPSA) is 18.5 Å². The number of benzene rings is 4. The summed E-state index contributed by atoms with van der Waals surface area (Å²) in [6, 6.07) is 34.0. The SMILES string of the molecule is CCC1CCC(c2ccc(Oc3ccc(C)cc3)cc2)(c2cccc(Oc3ccc(C)cc3)c2)CC1. The molecule has 1 fully saturated rings. The molecule has 0 unspecified atom stereocenters. The molecular weight excluding hydrogens is 440 g/mol. The molecule has 0 N–H and O–H groups in total. The van der Waals surface area contributed by atoms with Crippen LogP contribution in [-0.2, 0) is 5.41 Å². The molecule has 0 amide bonds. The van der Waals surface area contributed by atoms with Gasteiger partial charge in [0.1, 0.15) is 23.0 Å². The van der Waals surface area contributed by atoms with E-state index < -0.39 is 0 Å². The Morgan fingerprint density at radius 1 is 0.611 bits per heavy atom. The minimum absolute atomic E-state index is 0.0132. The molecule has 0 radical (unpaired) electrons. The lowest BCUT2D eigenvalue weighted by molar-refractivity contribution is 0.260. The van der Waals surface area contributed by atoms with Crippen LogP contribution in [0.25, 0.3) is 0 Å². The third-order valence-corrected chi connectivity index (χ3v) is 7.84. The fourth-order valence-electron chi connectivity index (χ4n) is 5.51. The summed E-state index contributed by atoms with van der Waals surface area (Å²) in [5, 5.41) is 0. The van der Waals surface area contributed by atoms with Crippen molar-refractivity contribution in [3.05, 3.63) is 119 Å². The van der Waals surface area contributed by atoms with Crippen LogP contribution in [0.4, 0.5) is 0 Å². The predicted octanol–water partition coefficient (Wildman–Crippen LogP) is 9.77. The zero-order valence-electron chi connectivity index (χ0n) is 21.7. The third kappa shape index (κ3) is 5.33. The predicted molar refractivity (Wildman–Crippen MR) is 148 cm³/mol. The van der Waals surface area contributed by atoms with Crippen molar-refractivity contribution in [3.8, 4) is 23.0 Å². The minimum Gasteiger partial charge on any atom is -0.457 e. The summed E-state index contributed by atoms with van der Waals surface area (Å²) in [6.45, 7) is 6.51. The molecule has 1 aliphatic rings. The summed E-state index contributed by atoms with van der Waals surface area (Å²) in [4.78, 5) is 0. The lowest BCUT2D eigenvalue weighted by Crippen LogP contribution is -2.33. The van der Waals surface area contributed by atoms with Crippen LogP contribution in [0.2, 0.25) is 0 Å². The molecule has 1 aliphatic carbocycles. The molecule has 0 aliphatic heterocycles. The molecule has 0 heterocycles. The molecule has 4 aromatic rings. The van der Waals surface area contributed by atoms with Gasteiger partial charge in [-0.15, -0.1) is 0 Å². The van der Waals surface area contributed by atoms with Gasteiger partial charge < -0.3 is 9.47 Å². The lowest BCUT2D eigenvalue weighted by Gasteiger charge is -2.41. The Morgan fingerprint density at radius 2 is 1.11 bits per heavy atom. The highest BCUT2D eigenvalue weighted by Gasteiger charge is 2.38. The van der Waals surface area contributed by atoms with Crippen molar-refractivity contribution in [1.29, 1.82) is 0 Å². The molecular formula is C34H36O2. The summed E-state index contributed by atoms with van der Waals surface area (Å²) in [5.41, 5.74) is 5.16. The van der Waals surface area contributed by atoms with Gasteiger partial charge in [-0.25, -0.2) is 0 Å². The third-order valence-electron chi connectivity index (χ3n) is 7.84. The second kappa shape index (κ2) is 10.6. The standard InChI is InChI=1S/C34H36O2/c1-4-27-20-22-34(23-21-27,28-12-18-32(19-13-28)35-30-14-8-25(2)9-15-30)29-6-5-7-33(24-29)36-31-16-10-26(3)11-17-31/h5-19,24,27H,4,20-23H2,1-3H3. The smallest absolute Gasteiger partial charge is 0.127 e. The van der Waals surface area contributed by atoms with Crippen molar-refractivity contribution >= 4 is 0 Å². The van der Waals surface area contributed by atoms with Crippen LogP contribution < -0.4 is 9.47 Å². The van der Waals surface area contributed by atoms with E-state index in [-0.39, 0.29) is 5.41 Å². The van der Waals surface area contributed by atoms with Gasteiger partial charge in [0.05, 0.1) is 0 Å². The number of ether oxygens (including phenoxy) is 2. The molecule has 1 saturated carbocycles. The fraction of sp³-hybridized carbons (Fsp3) is 0.294. The first-order valence-corrected chi connectivity index (χ1v) is 13.2. The fourth-order valence-corrected chi connectivity index (χ4v) is 5.51. The van der Waals surface area contributed by atoms with Crippen molar-refractivity contribution in [2.75, 3.05) is 0 Å². The van der Waals surface area contributed by atoms with E-state index in [1.54, 1.807) is 0 Å². The molecule has 36 heavy (non-hydrogen) atoms. The normalized spacial score (nSPS) is 19.6. The van der Waals surface area contributed by atoms with E-state index in [1.165, 1.54) is 41.5 Å². The average molecular weight is 477 g/mol. The van der Waals surface area contributed by atoms with Crippen molar-refractivity contribution < 1.29 is 9.47 Å². The Balaban J connectivity index is 1.44. The van der Waals surface area contributed by atoms with E-state index in [0.29, 0.717) is 0 Å². The Kier molecular flexibility index (Phi) is 7.13. The van der Waals surface area contributed by atoms with Crippen LogP contribution in [0.3, 0.4) is 0 Å². The Morgan fingerprint density at radius 3 is 1.64 bits per heavy atom. The van der Waals surface area contributed by atoms with Crippen LogP contribution in [0, 0.1) is 19.8 Å². The molecule has 0 bridgehead atoms. The monoisotopic (exact) mass is 476 g/mol. The summed E-state index contributed by atoms with van der Waals surface area (Å²) in [7, 11) is 0. The first-order chi connectivity index (χ1) is 17.5. The maximum Gasteiger partial charge on any atom is 0.127 e. The number of rotatable bonds is 7. The van der Waals surface area contributed by atoms with Gasteiger partial charge in [0, 0.05) is 5.41 Å². The van der Waals surface area contributed by atoms with Gasteiger partial charge in [-0.3, -0.25) is 0 Å². The zero-order chi connectivity index (χ0) is 25.0. The zero-order valence-corrected chi connectivity index (χ0v) is 21.7. The Labute approximate surface area is 215 Å². The van der Waals surface area contributed by atoms with Gasteiger partial charge in [-0.1, -0.05) is 73.0 Å². The van der Waals surface area contributed by atoms with Gasteiger partial charge in [-0.05, 0) is 105 Å². The molecule has 2 heteroatoms. The van der Waals surface area contributed by atoms with Gasteiger partial charge in [0.25, 0.3) is 0 Å². The van der Waals surface area contributed by atoms with Gasteiger partial charge in [0.15, 0.2) is 0 Å². The van der Waals surface area contributed by atoms with Crippen LogP contribution in [0.5, 0.6) is 23.0 Å². The van der Waals surface area contributed by atoms with E-state index in [1.807, 2.05) is 24.3 Å². The van der Waals surface area contributed by atoms with E-state index in [4.69, 9.17) is 9.47 Å². The van der Waals surface area contributed by atoms with Crippen LogP contribution in [-0.4, -0.2) is 0 Å². The van der Waals surface area contributed by atoms with Crippen molar-refractivity contribution in [2.24, 2.45) is 5.92 Å². The molecule has 0 atom stereocenters. The number of hydrogen-bond acceptors (Lipinski definition) is 2. The minimum atomic E-state index is -0.0132. The second-order valence-corrected chi connectivity index (χ2v) is 10.3. The maximum atomic E-state index is 6.26. The quantitative estimate of drug-likeness (QED) is 0.264. The van der Waals surface area contributed by atoms with Crippen LogP contribution in [0.1, 0.15) is 61.3 Å². The first kappa shape index (κ1) is 24.2. The van der Waals surface area contributed by atoms with E-state index in [0.717, 1.165) is 41.8 Å². The van der Waals surface area contributed by atoms with E-state index in [2.05, 4.69) is 93.6 Å². The Hall–Kier alpha value is -3.52. The highest BCUT2D eigenvalue weighted by Crippen LogP contribution is 2.48. The van der Waals surface area contributed by atoms with Gasteiger partial charge in [0.2, 0.25) is 0 Å². The molecule has 0 spiro atoms. The van der Waals surface area contributed by atoms with Crippen molar-refractivity contribution in [1.82, 2.24) is 0 Å². The van der Waals surface area contributed by atoms with Gasteiger partial charge >= 0.3 is 0 Å². The molecule has 2 nitrogen and oxygen atoms in total. The first-order valence-electron chi connectivity index (χ1n) is 13.2. The molecule has 0 aromatic heterocycles. The summed E-state index contributed by atoms with van der Waals surface area (Å²) < 4.78 is 12.4. The molecule has 5 rings (SSSR count). The lowest BCUT2D eigenvalue weighted by atomic mass is 9.63. The van der Waals surface area contributed by atoms with Crippen LogP contribution in [0.15, 0.2) is 97.1 Å². The molecule has 184 valence electrons. The van der Waals surface area contributed by atoms with Crippen LogP contribution >= 0.6 is 0 Å². The summed E-state index contributed by atoms with van der Waals surface area (Å²) >= 11 is 0. The number of aryl methyl sites for hydroxylation is 2. The summed E-state index contributed by atoms with van der Waals surface area (Å²) in [6.07, 6.45) is 6.06. The Bertz CT molecular complexity index is 1260. The molecule has 4 aromatic carbocycles. The van der Waals surface area contributed by atoms with Gasteiger partial charge in [-0.2, -0.15) is 0 Å². The highest BCUT2D eigenvalue weighted by molar-refractivity contribution is 5.46. The average Bonchev–Trinajstić information content (AvgIpc) is 2.92. The second-order valence-electron chi connectivity index (χ2n) is 10.3. The van der Waals surface area contributed by atoms with Crippen molar-refractivity contribution in [2.45, 2.75) is 58.3 Å². The van der Waals surface area contributed by atoms with Crippen molar-refractivity contribution in [3.63, 3.8) is 0 Å².